The van der Waals surface area contributed by atoms with Crippen LogP contribution in [0.25, 0.3) is 0 Å². The van der Waals surface area contributed by atoms with Crippen molar-refractivity contribution in [1.82, 2.24) is 25.9 Å². The van der Waals surface area contributed by atoms with Crippen molar-refractivity contribution in [2.75, 3.05) is 0 Å². The number of carbonyl (C=O) groups excluding carboxylic acids is 4. The number of H-pyrrole nitrogens is 1. The fourth-order valence-electron chi connectivity index (χ4n) is 3.94. The van der Waals surface area contributed by atoms with E-state index in [1.807, 2.05) is 6.07 Å². The summed E-state index contributed by atoms with van der Waals surface area (Å²) in [6, 6.07) is 12.9. The molecule has 0 spiro atoms. The van der Waals surface area contributed by atoms with E-state index in [1.54, 1.807) is 36.4 Å². The Balaban J connectivity index is 1.52. The number of imidazole rings is 1. The number of aromatic amines is 1. The first-order valence-electron chi connectivity index (χ1n) is 11.4. The molecule has 1 aromatic heterocycles. The van der Waals surface area contributed by atoms with Crippen molar-refractivity contribution in [1.29, 1.82) is 0 Å². The van der Waals surface area contributed by atoms with Crippen molar-refractivity contribution in [2.24, 2.45) is 5.73 Å². The SMILES string of the molecule is NC(=O)[C@H](Cc1ccccc1)NC(=O)[C@H](Cc1cnc[nH]1)NC(=O)[C@]1(Cc2ccc(O)cc2)NC(=O)O1. The van der Waals surface area contributed by atoms with Gasteiger partial charge in [-0.15, -0.1) is 0 Å². The van der Waals surface area contributed by atoms with Crippen LogP contribution in [0.1, 0.15) is 16.8 Å². The molecule has 1 fully saturated rings. The number of nitrogens with one attached hydrogen (secondary N) is 4. The summed E-state index contributed by atoms with van der Waals surface area (Å²) < 4.78 is 5.19. The standard InChI is InChI=1S/C25H26N6O6/c26-21(33)19(10-15-4-2-1-3-5-15)29-22(34)20(11-17-13-27-14-28-17)30-23(35)25(31-24(36)37-25)12-16-6-8-18(32)9-7-16/h1-9,13-14,19-20,32H,10-12H2,(H2,26,33)(H,27,28)(H,29,34)(H,30,35)(H,31,36)/t19-,20-,25+/m0/s1. The Labute approximate surface area is 211 Å². The number of primary amides is 1. The van der Waals surface area contributed by atoms with Crippen LogP contribution in [0.2, 0.25) is 0 Å². The zero-order chi connectivity index (χ0) is 26.4. The molecule has 2 aromatic carbocycles. The lowest BCUT2D eigenvalue weighted by Crippen LogP contribution is -2.73. The van der Waals surface area contributed by atoms with Gasteiger partial charge >= 0.3 is 6.09 Å². The number of aromatic nitrogens is 2. The van der Waals surface area contributed by atoms with Gasteiger partial charge in [0.2, 0.25) is 11.8 Å². The molecule has 1 aliphatic heterocycles. The molecule has 4 amide bonds. The summed E-state index contributed by atoms with van der Waals surface area (Å²) in [6.45, 7) is 0. The van der Waals surface area contributed by atoms with E-state index in [4.69, 9.17) is 10.5 Å². The van der Waals surface area contributed by atoms with E-state index in [1.165, 1.54) is 24.7 Å². The summed E-state index contributed by atoms with van der Waals surface area (Å²) in [7, 11) is 0. The van der Waals surface area contributed by atoms with Crippen LogP contribution in [0.3, 0.4) is 0 Å². The third kappa shape index (κ3) is 6.23. The van der Waals surface area contributed by atoms with Crippen molar-refractivity contribution < 1.29 is 29.0 Å². The Morgan fingerprint density at radius 3 is 2.30 bits per heavy atom. The molecule has 37 heavy (non-hydrogen) atoms. The van der Waals surface area contributed by atoms with E-state index >= 15 is 0 Å². The lowest BCUT2D eigenvalue weighted by Gasteiger charge is -2.40. The van der Waals surface area contributed by atoms with Gasteiger partial charge in [0.05, 0.1) is 6.33 Å². The maximum absolute atomic E-state index is 13.3. The van der Waals surface area contributed by atoms with Gasteiger partial charge in [-0.2, -0.15) is 0 Å². The minimum absolute atomic E-state index is 0.0115. The fraction of sp³-hybridized carbons (Fsp3) is 0.240. The second-order valence-electron chi connectivity index (χ2n) is 8.65. The van der Waals surface area contributed by atoms with Crippen LogP contribution in [-0.4, -0.2) is 56.7 Å². The summed E-state index contributed by atoms with van der Waals surface area (Å²) in [4.78, 5) is 57.1. The van der Waals surface area contributed by atoms with Gasteiger partial charge in [0.1, 0.15) is 17.8 Å². The molecule has 3 atom stereocenters. The van der Waals surface area contributed by atoms with Gasteiger partial charge in [0.25, 0.3) is 11.6 Å². The molecule has 12 nitrogen and oxygen atoms in total. The molecule has 12 heteroatoms. The van der Waals surface area contributed by atoms with E-state index in [2.05, 4.69) is 25.9 Å². The monoisotopic (exact) mass is 506 g/mol. The van der Waals surface area contributed by atoms with E-state index < -0.39 is 41.6 Å². The Hall–Kier alpha value is -4.87. The highest BCUT2D eigenvalue weighted by Gasteiger charge is 2.53. The minimum Gasteiger partial charge on any atom is -0.508 e. The number of cyclic esters (lactones) is 1. The van der Waals surface area contributed by atoms with Crippen molar-refractivity contribution in [3.05, 3.63) is 83.9 Å². The molecule has 2 heterocycles. The maximum atomic E-state index is 13.3. The van der Waals surface area contributed by atoms with Crippen LogP contribution in [0.5, 0.6) is 5.75 Å². The molecule has 4 rings (SSSR count). The number of nitrogens with two attached hydrogens (primary N) is 1. The van der Waals surface area contributed by atoms with Gasteiger partial charge in [0.15, 0.2) is 0 Å². The number of phenols is 1. The Kier molecular flexibility index (Phi) is 7.37. The first-order valence-corrected chi connectivity index (χ1v) is 11.4. The van der Waals surface area contributed by atoms with Crippen molar-refractivity contribution in [2.45, 2.75) is 37.1 Å². The van der Waals surface area contributed by atoms with Crippen molar-refractivity contribution in [3.8, 4) is 5.75 Å². The number of aromatic hydroxyl groups is 1. The van der Waals surface area contributed by atoms with Crippen molar-refractivity contribution >= 4 is 23.8 Å². The predicted molar refractivity (Wildman–Crippen MR) is 130 cm³/mol. The largest absolute Gasteiger partial charge is 0.508 e. The molecule has 3 aromatic rings. The molecule has 7 N–H and O–H groups in total. The number of amides is 4. The quantitative estimate of drug-likeness (QED) is 0.212. The molecule has 192 valence electrons. The van der Waals surface area contributed by atoms with E-state index in [-0.39, 0.29) is 25.0 Å². The summed E-state index contributed by atoms with van der Waals surface area (Å²) in [5, 5.41) is 17.2. The summed E-state index contributed by atoms with van der Waals surface area (Å²) in [6.07, 6.45) is 2.25. The van der Waals surface area contributed by atoms with Crippen LogP contribution in [0, 0.1) is 0 Å². The van der Waals surface area contributed by atoms with Crippen LogP contribution in [0.4, 0.5) is 4.79 Å². The lowest BCUT2D eigenvalue weighted by atomic mass is 9.98. The first-order chi connectivity index (χ1) is 17.7. The highest BCUT2D eigenvalue weighted by atomic mass is 16.6. The topological polar surface area (TPSA) is 189 Å². The average molecular weight is 507 g/mol. The fourth-order valence-corrected chi connectivity index (χ4v) is 3.94. The number of benzene rings is 2. The zero-order valence-corrected chi connectivity index (χ0v) is 19.6. The van der Waals surface area contributed by atoms with E-state index in [0.29, 0.717) is 11.3 Å². The summed E-state index contributed by atoms with van der Waals surface area (Å²) >= 11 is 0. The van der Waals surface area contributed by atoms with E-state index in [0.717, 1.165) is 5.56 Å². The summed E-state index contributed by atoms with van der Waals surface area (Å²) in [5.74, 6) is -2.12. The average Bonchev–Trinajstić information content (AvgIpc) is 3.37. The van der Waals surface area contributed by atoms with Gasteiger partial charge in [-0.1, -0.05) is 42.5 Å². The predicted octanol–water partition coefficient (Wildman–Crippen LogP) is 0.0342. The van der Waals surface area contributed by atoms with Gasteiger partial charge in [-0.25, -0.2) is 9.78 Å². The molecule has 0 aliphatic carbocycles. The highest BCUT2D eigenvalue weighted by molar-refractivity contribution is 5.98. The third-order valence-electron chi connectivity index (χ3n) is 5.87. The Bertz CT molecular complexity index is 1250. The minimum atomic E-state index is -1.76. The van der Waals surface area contributed by atoms with Gasteiger partial charge in [-0.3, -0.25) is 19.7 Å². The number of hydrogen-bond donors (Lipinski definition) is 6. The Morgan fingerprint density at radius 2 is 1.70 bits per heavy atom. The van der Waals surface area contributed by atoms with E-state index in [9.17, 15) is 24.3 Å². The maximum Gasteiger partial charge on any atom is 0.413 e. The van der Waals surface area contributed by atoms with Gasteiger partial charge in [-0.05, 0) is 23.3 Å². The third-order valence-corrected chi connectivity index (χ3v) is 5.87. The normalized spacial score (nSPS) is 17.9. The van der Waals surface area contributed by atoms with Crippen LogP contribution in [-0.2, 0) is 38.4 Å². The van der Waals surface area contributed by atoms with Crippen LogP contribution in [0.15, 0.2) is 67.1 Å². The molecular weight excluding hydrogens is 480 g/mol. The molecule has 1 aliphatic rings. The molecule has 0 bridgehead atoms. The number of phenolic OH excluding ortho intramolecular Hbond substituents is 1. The number of carbonyl (C=O) groups is 4. The first kappa shape index (κ1) is 25.2. The molecule has 0 radical (unpaired) electrons. The molecular formula is C25H26N6O6. The second kappa shape index (κ2) is 10.8. The second-order valence-corrected chi connectivity index (χ2v) is 8.65. The van der Waals surface area contributed by atoms with Crippen molar-refractivity contribution in [3.63, 3.8) is 0 Å². The number of rotatable bonds is 11. The lowest BCUT2D eigenvalue weighted by molar-refractivity contribution is -0.156. The van der Waals surface area contributed by atoms with Crippen LogP contribution >= 0.6 is 0 Å². The van der Waals surface area contributed by atoms with Crippen LogP contribution < -0.4 is 21.7 Å². The molecule has 1 saturated heterocycles. The number of ether oxygens (including phenoxy) is 1. The van der Waals surface area contributed by atoms with Gasteiger partial charge in [0, 0.05) is 31.2 Å². The Morgan fingerprint density at radius 1 is 1.00 bits per heavy atom. The highest BCUT2D eigenvalue weighted by Crippen LogP contribution is 2.24. The number of nitrogens with zero attached hydrogens (tertiary/aromatic N) is 1. The smallest absolute Gasteiger partial charge is 0.413 e. The number of hydrogen-bond acceptors (Lipinski definition) is 7. The molecule has 0 unspecified atom stereocenters. The summed E-state index contributed by atoms with van der Waals surface area (Å²) in [5.41, 5.74) is 5.72. The zero-order valence-electron chi connectivity index (χ0n) is 19.6. The van der Waals surface area contributed by atoms with Gasteiger partial charge < -0.3 is 31.2 Å². The molecule has 0 saturated carbocycles.